The molecule has 0 unspecified atom stereocenters. The molecule has 0 atom stereocenters. The van der Waals surface area contributed by atoms with Crippen LogP contribution in [0.1, 0.15) is 11.8 Å². The van der Waals surface area contributed by atoms with Gasteiger partial charge in [0.2, 0.25) is 0 Å². The molecule has 0 spiro atoms. The zero-order valence-corrected chi connectivity index (χ0v) is 11.5. The topological polar surface area (TPSA) is 55.3 Å². The summed E-state index contributed by atoms with van der Waals surface area (Å²) in [5.41, 5.74) is 8.02. The second kappa shape index (κ2) is 4.93. The van der Waals surface area contributed by atoms with E-state index in [-0.39, 0.29) is 0 Å². The number of nitrogen functional groups attached to an aromatic ring is 1. The summed E-state index contributed by atoms with van der Waals surface area (Å²) in [5, 5.41) is 2.08. The predicted octanol–water partition coefficient (Wildman–Crippen LogP) is 3.50. The van der Waals surface area contributed by atoms with Gasteiger partial charge in [0.25, 0.3) is 6.01 Å². The number of aromatic nitrogens is 1. The Hall–Kier alpha value is -2.01. The van der Waals surface area contributed by atoms with Crippen molar-refractivity contribution in [3.8, 4) is 0 Å². The van der Waals surface area contributed by atoms with Crippen LogP contribution in [-0.2, 0) is 6.54 Å². The lowest BCUT2D eigenvalue weighted by molar-refractivity contribution is 0.571. The van der Waals surface area contributed by atoms with Gasteiger partial charge in [0.1, 0.15) is 5.52 Å². The van der Waals surface area contributed by atoms with Crippen molar-refractivity contribution in [2.45, 2.75) is 13.5 Å². The fourth-order valence-corrected chi connectivity index (χ4v) is 2.69. The molecule has 0 bridgehead atoms. The quantitative estimate of drug-likeness (QED) is 0.739. The number of nitrogens with two attached hydrogens (primary N) is 1. The fraction of sp³-hybridized carbons (Fsp3) is 0.214. The summed E-state index contributed by atoms with van der Waals surface area (Å²) in [6.45, 7) is 3.76. The Morgan fingerprint density at radius 2 is 2.26 bits per heavy atom. The number of rotatable bonds is 4. The van der Waals surface area contributed by atoms with Crippen LogP contribution in [0, 0.1) is 0 Å². The minimum absolute atomic E-state index is 0.650. The molecular weight excluding hydrogens is 258 g/mol. The molecular formula is C14H15N3OS. The number of fused-ring (bicyclic) bond motifs is 1. The van der Waals surface area contributed by atoms with Gasteiger partial charge in [-0.3, -0.25) is 0 Å². The number of nitrogens with zero attached hydrogens (tertiary/aromatic N) is 2. The van der Waals surface area contributed by atoms with Gasteiger partial charge in [-0.05, 0) is 30.5 Å². The largest absolute Gasteiger partial charge is 0.423 e. The number of anilines is 2. The molecule has 3 aromatic rings. The first-order chi connectivity index (χ1) is 9.26. The van der Waals surface area contributed by atoms with E-state index in [2.05, 4.69) is 34.3 Å². The molecule has 2 N–H and O–H groups in total. The van der Waals surface area contributed by atoms with Crippen LogP contribution in [0.15, 0.2) is 40.1 Å². The first kappa shape index (κ1) is 12.0. The number of hydrogen-bond acceptors (Lipinski definition) is 5. The van der Waals surface area contributed by atoms with Crippen molar-refractivity contribution in [1.29, 1.82) is 0 Å². The molecule has 4 nitrogen and oxygen atoms in total. The van der Waals surface area contributed by atoms with Crippen LogP contribution >= 0.6 is 11.3 Å². The molecule has 98 valence electrons. The second-order valence-electron chi connectivity index (χ2n) is 4.32. The van der Waals surface area contributed by atoms with E-state index < -0.39 is 0 Å². The molecule has 0 aliphatic carbocycles. The lowest BCUT2D eigenvalue weighted by atomic mass is 10.3. The van der Waals surface area contributed by atoms with Crippen molar-refractivity contribution in [2.24, 2.45) is 0 Å². The van der Waals surface area contributed by atoms with Crippen molar-refractivity contribution in [3.63, 3.8) is 0 Å². The summed E-state index contributed by atoms with van der Waals surface area (Å²) in [6, 6.07) is 10.4. The van der Waals surface area contributed by atoms with E-state index in [0.717, 1.165) is 24.2 Å². The highest BCUT2D eigenvalue weighted by Crippen LogP contribution is 2.25. The Balaban J connectivity index is 1.92. The Labute approximate surface area is 115 Å². The SMILES string of the molecule is CCN(Cc1cccs1)c1nc2ccc(N)cc2o1. The highest BCUT2D eigenvalue weighted by molar-refractivity contribution is 7.09. The third kappa shape index (κ3) is 2.42. The molecule has 0 saturated heterocycles. The average molecular weight is 273 g/mol. The summed E-state index contributed by atoms with van der Waals surface area (Å²) < 4.78 is 5.79. The average Bonchev–Trinajstić information content (AvgIpc) is 3.03. The van der Waals surface area contributed by atoms with Gasteiger partial charge in [0.05, 0.1) is 6.54 Å². The van der Waals surface area contributed by atoms with Gasteiger partial charge in [-0.2, -0.15) is 4.98 Å². The normalized spacial score (nSPS) is 11.0. The molecule has 0 amide bonds. The minimum Gasteiger partial charge on any atom is -0.423 e. The molecule has 2 aromatic heterocycles. The van der Waals surface area contributed by atoms with E-state index >= 15 is 0 Å². The van der Waals surface area contributed by atoms with Crippen LogP contribution < -0.4 is 10.6 Å². The molecule has 0 aliphatic rings. The molecule has 0 radical (unpaired) electrons. The molecule has 5 heteroatoms. The summed E-state index contributed by atoms with van der Waals surface area (Å²) >= 11 is 1.74. The zero-order valence-electron chi connectivity index (χ0n) is 10.7. The van der Waals surface area contributed by atoms with Gasteiger partial charge in [0, 0.05) is 23.2 Å². The molecule has 0 fully saturated rings. The Bertz CT molecular complexity index is 675. The lowest BCUT2D eigenvalue weighted by Crippen LogP contribution is -2.21. The standard InChI is InChI=1S/C14H15N3OS/c1-2-17(9-11-4-3-7-19-11)14-16-12-6-5-10(15)8-13(12)18-14/h3-8H,2,9,15H2,1H3. The maximum absolute atomic E-state index is 5.79. The van der Waals surface area contributed by atoms with Crippen LogP contribution in [0.4, 0.5) is 11.7 Å². The van der Waals surface area contributed by atoms with Gasteiger partial charge in [-0.25, -0.2) is 0 Å². The van der Waals surface area contributed by atoms with Crippen molar-refractivity contribution in [1.82, 2.24) is 4.98 Å². The van der Waals surface area contributed by atoms with Crippen molar-refractivity contribution in [2.75, 3.05) is 17.2 Å². The Kier molecular flexibility index (Phi) is 3.13. The van der Waals surface area contributed by atoms with Crippen LogP contribution in [-0.4, -0.2) is 11.5 Å². The first-order valence-corrected chi connectivity index (χ1v) is 7.07. The smallest absolute Gasteiger partial charge is 0.298 e. The number of oxazole rings is 1. The molecule has 0 saturated carbocycles. The third-order valence-corrected chi connectivity index (χ3v) is 3.84. The van der Waals surface area contributed by atoms with Crippen LogP contribution in [0.3, 0.4) is 0 Å². The van der Waals surface area contributed by atoms with Crippen LogP contribution in [0.25, 0.3) is 11.1 Å². The number of thiophene rings is 1. The molecule has 19 heavy (non-hydrogen) atoms. The van der Waals surface area contributed by atoms with Gasteiger partial charge >= 0.3 is 0 Å². The van der Waals surface area contributed by atoms with Crippen LogP contribution in [0.5, 0.6) is 0 Å². The van der Waals surface area contributed by atoms with Crippen LogP contribution in [0.2, 0.25) is 0 Å². The molecule has 2 heterocycles. The van der Waals surface area contributed by atoms with Crippen molar-refractivity contribution >= 4 is 34.1 Å². The second-order valence-corrected chi connectivity index (χ2v) is 5.35. The molecule has 3 rings (SSSR count). The summed E-state index contributed by atoms with van der Waals surface area (Å²) in [7, 11) is 0. The third-order valence-electron chi connectivity index (χ3n) is 2.98. The van der Waals surface area contributed by atoms with Gasteiger partial charge in [-0.1, -0.05) is 6.07 Å². The van der Waals surface area contributed by atoms with E-state index in [1.54, 1.807) is 11.3 Å². The van der Waals surface area contributed by atoms with Gasteiger partial charge in [-0.15, -0.1) is 11.3 Å². The molecule has 1 aromatic carbocycles. The maximum atomic E-state index is 5.79. The zero-order chi connectivity index (χ0) is 13.2. The fourth-order valence-electron chi connectivity index (χ4n) is 1.97. The van der Waals surface area contributed by atoms with Gasteiger partial charge < -0.3 is 15.1 Å². The van der Waals surface area contributed by atoms with E-state index in [0.29, 0.717) is 11.7 Å². The summed E-state index contributed by atoms with van der Waals surface area (Å²) in [5.74, 6) is 0. The Morgan fingerprint density at radius 1 is 1.37 bits per heavy atom. The van der Waals surface area contributed by atoms with Crippen molar-refractivity contribution < 1.29 is 4.42 Å². The van der Waals surface area contributed by atoms with E-state index in [1.165, 1.54) is 4.88 Å². The monoisotopic (exact) mass is 273 g/mol. The number of benzene rings is 1. The van der Waals surface area contributed by atoms with E-state index in [1.807, 2.05) is 18.2 Å². The lowest BCUT2D eigenvalue weighted by Gasteiger charge is -2.16. The van der Waals surface area contributed by atoms with Gasteiger partial charge in [0.15, 0.2) is 5.58 Å². The Morgan fingerprint density at radius 3 is 3.00 bits per heavy atom. The highest BCUT2D eigenvalue weighted by Gasteiger charge is 2.13. The highest BCUT2D eigenvalue weighted by atomic mass is 32.1. The van der Waals surface area contributed by atoms with E-state index in [9.17, 15) is 0 Å². The number of hydrogen-bond donors (Lipinski definition) is 1. The first-order valence-electron chi connectivity index (χ1n) is 6.19. The van der Waals surface area contributed by atoms with E-state index in [4.69, 9.17) is 10.2 Å². The summed E-state index contributed by atoms with van der Waals surface area (Å²) in [4.78, 5) is 7.92. The minimum atomic E-state index is 0.650. The molecule has 0 aliphatic heterocycles. The summed E-state index contributed by atoms with van der Waals surface area (Å²) in [6.07, 6.45) is 0. The predicted molar refractivity (Wildman–Crippen MR) is 79.5 cm³/mol. The maximum Gasteiger partial charge on any atom is 0.298 e. The van der Waals surface area contributed by atoms with Crippen molar-refractivity contribution in [3.05, 3.63) is 40.6 Å².